The summed E-state index contributed by atoms with van der Waals surface area (Å²) in [5, 5.41) is 0. The van der Waals surface area contributed by atoms with Gasteiger partial charge in [0.25, 0.3) is 0 Å². The molecule has 1 unspecified atom stereocenters. The molecule has 0 aliphatic carbocycles. The van der Waals surface area contributed by atoms with Crippen LogP contribution in [-0.4, -0.2) is 35.7 Å². The minimum absolute atomic E-state index is 0.0254. The number of benzene rings is 3. The molecule has 1 amide bonds. The van der Waals surface area contributed by atoms with E-state index in [1.54, 1.807) is 7.11 Å². The highest BCUT2D eigenvalue weighted by atomic mass is 16.5. The lowest BCUT2D eigenvalue weighted by Gasteiger charge is -2.20. The molecule has 1 aromatic heterocycles. The Morgan fingerprint density at radius 3 is 2.65 bits per heavy atom. The van der Waals surface area contributed by atoms with E-state index >= 15 is 0 Å². The summed E-state index contributed by atoms with van der Waals surface area (Å²) in [6.45, 7) is 5.89. The molecule has 1 aliphatic rings. The van der Waals surface area contributed by atoms with Crippen LogP contribution in [0.1, 0.15) is 29.3 Å². The number of amides is 1. The van der Waals surface area contributed by atoms with E-state index in [2.05, 4.69) is 42.7 Å². The lowest BCUT2D eigenvalue weighted by atomic mass is 10.1. The normalized spacial score (nSPS) is 15.8. The summed E-state index contributed by atoms with van der Waals surface area (Å²) >= 11 is 0. The SMILES string of the molecule is COc1cccc(OCCn2c(C3CC(=O)N(c4ccc(C)cc4C)C3)nc3ccccc32)c1. The molecule has 1 atom stereocenters. The summed E-state index contributed by atoms with van der Waals surface area (Å²) in [6, 6.07) is 22.0. The van der Waals surface area contributed by atoms with Crippen molar-refractivity contribution < 1.29 is 14.3 Å². The highest BCUT2D eigenvalue weighted by Gasteiger charge is 2.35. The van der Waals surface area contributed by atoms with Crippen LogP contribution >= 0.6 is 0 Å². The molecular weight excluding hydrogens is 426 g/mol. The molecule has 5 rings (SSSR count). The number of anilines is 1. The maximum atomic E-state index is 13.0. The van der Waals surface area contributed by atoms with Crippen LogP contribution in [0.15, 0.2) is 66.7 Å². The second-order valence-corrected chi connectivity index (χ2v) is 8.83. The van der Waals surface area contributed by atoms with Gasteiger partial charge in [-0.25, -0.2) is 4.98 Å². The third-order valence-electron chi connectivity index (χ3n) is 6.44. The topological polar surface area (TPSA) is 56.6 Å². The Hall–Kier alpha value is -3.80. The Balaban J connectivity index is 1.40. The minimum Gasteiger partial charge on any atom is -0.497 e. The molecule has 0 saturated carbocycles. The fourth-order valence-electron chi connectivity index (χ4n) is 4.81. The van der Waals surface area contributed by atoms with Crippen LogP contribution in [0.25, 0.3) is 11.0 Å². The van der Waals surface area contributed by atoms with Crippen molar-refractivity contribution in [3.05, 3.63) is 83.7 Å². The predicted molar refractivity (Wildman–Crippen MR) is 134 cm³/mol. The Labute approximate surface area is 199 Å². The maximum Gasteiger partial charge on any atom is 0.227 e. The number of hydrogen-bond donors (Lipinski definition) is 0. The zero-order valence-corrected chi connectivity index (χ0v) is 19.8. The molecule has 0 bridgehead atoms. The number of rotatable bonds is 7. The van der Waals surface area contributed by atoms with Crippen LogP contribution in [0.5, 0.6) is 11.5 Å². The summed E-state index contributed by atoms with van der Waals surface area (Å²) in [6.07, 6.45) is 0.452. The van der Waals surface area contributed by atoms with E-state index in [9.17, 15) is 4.79 Å². The number of methoxy groups -OCH3 is 1. The van der Waals surface area contributed by atoms with Gasteiger partial charge in [0.05, 0.1) is 24.7 Å². The van der Waals surface area contributed by atoms with Gasteiger partial charge in [0.15, 0.2) is 0 Å². The number of fused-ring (bicyclic) bond motifs is 1. The molecule has 0 radical (unpaired) electrons. The average molecular weight is 456 g/mol. The number of hydrogen-bond acceptors (Lipinski definition) is 4. The van der Waals surface area contributed by atoms with Crippen LogP contribution in [0.3, 0.4) is 0 Å². The van der Waals surface area contributed by atoms with Gasteiger partial charge in [-0.3, -0.25) is 4.79 Å². The van der Waals surface area contributed by atoms with Crippen LogP contribution in [-0.2, 0) is 11.3 Å². The lowest BCUT2D eigenvalue weighted by Crippen LogP contribution is -2.25. The second kappa shape index (κ2) is 9.21. The molecule has 1 aliphatic heterocycles. The van der Waals surface area contributed by atoms with Crippen molar-refractivity contribution in [1.29, 1.82) is 0 Å². The van der Waals surface area contributed by atoms with Gasteiger partial charge >= 0.3 is 0 Å². The Morgan fingerprint density at radius 1 is 1.00 bits per heavy atom. The number of imidazole rings is 1. The molecule has 0 spiro atoms. The summed E-state index contributed by atoms with van der Waals surface area (Å²) < 4.78 is 13.5. The first-order valence-electron chi connectivity index (χ1n) is 11.6. The number of para-hydroxylation sites is 2. The highest BCUT2D eigenvalue weighted by molar-refractivity contribution is 5.97. The smallest absolute Gasteiger partial charge is 0.227 e. The van der Waals surface area contributed by atoms with E-state index in [1.165, 1.54) is 5.56 Å². The first kappa shape index (κ1) is 22.0. The molecule has 3 aromatic carbocycles. The van der Waals surface area contributed by atoms with Gasteiger partial charge < -0.3 is 18.9 Å². The fraction of sp³-hybridized carbons (Fsp3) is 0.286. The summed E-state index contributed by atoms with van der Waals surface area (Å²) in [4.78, 5) is 19.9. The highest BCUT2D eigenvalue weighted by Crippen LogP contribution is 2.34. The van der Waals surface area contributed by atoms with Crippen LogP contribution in [0.4, 0.5) is 5.69 Å². The van der Waals surface area contributed by atoms with Crippen LogP contribution in [0.2, 0.25) is 0 Å². The van der Waals surface area contributed by atoms with Gasteiger partial charge in [0, 0.05) is 30.6 Å². The van der Waals surface area contributed by atoms with Gasteiger partial charge in [-0.05, 0) is 49.7 Å². The van der Waals surface area contributed by atoms with E-state index in [0.717, 1.165) is 39.6 Å². The monoisotopic (exact) mass is 455 g/mol. The first-order valence-corrected chi connectivity index (χ1v) is 11.6. The molecule has 4 aromatic rings. The summed E-state index contributed by atoms with van der Waals surface area (Å²) in [5.41, 5.74) is 5.30. The zero-order chi connectivity index (χ0) is 23.7. The van der Waals surface area contributed by atoms with Gasteiger partial charge in [-0.2, -0.15) is 0 Å². The molecule has 2 heterocycles. The number of aromatic nitrogens is 2. The molecule has 1 saturated heterocycles. The Kier molecular flexibility index (Phi) is 5.97. The van der Waals surface area contributed by atoms with Gasteiger partial charge in [0.1, 0.15) is 23.9 Å². The standard InChI is InChI=1S/C28H29N3O3/c1-19-11-12-25(20(2)15-19)31-18-21(16-27(31)32)28-29-24-9-4-5-10-26(24)30(28)13-14-34-23-8-6-7-22(17-23)33-3/h4-12,15,17,21H,13-14,16,18H2,1-3H3. The second-order valence-electron chi connectivity index (χ2n) is 8.83. The maximum absolute atomic E-state index is 13.0. The van der Waals surface area contributed by atoms with E-state index in [-0.39, 0.29) is 11.8 Å². The predicted octanol–water partition coefficient (Wildman–Crippen LogP) is 5.26. The molecule has 6 heteroatoms. The van der Waals surface area contributed by atoms with Crippen molar-refractivity contribution in [1.82, 2.24) is 9.55 Å². The third-order valence-corrected chi connectivity index (χ3v) is 6.44. The molecule has 6 nitrogen and oxygen atoms in total. The van der Waals surface area contributed by atoms with Crippen molar-refractivity contribution in [3.8, 4) is 11.5 Å². The number of nitrogens with zero attached hydrogens (tertiary/aromatic N) is 3. The molecular formula is C28H29N3O3. The number of carbonyl (C=O) groups excluding carboxylic acids is 1. The van der Waals surface area contributed by atoms with Crippen molar-refractivity contribution in [2.45, 2.75) is 32.7 Å². The van der Waals surface area contributed by atoms with Gasteiger partial charge in [0.2, 0.25) is 5.91 Å². The third kappa shape index (κ3) is 4.23. The number of carbonyl (C=O) groups is 1. The summed E-state index contributed by atoms with van der Waals surface area (Å²) in [5.74, 6) is 2.64. The van der Waals surface area contributed by atoms with Gasteiger partial charge in [-0.15, -0.1) is 0 Å². The number of ether oxygens (including phenoxy) is 2. The van der Waals surface area contributed by atoms with Crippen molar-refractivity contribution in [2.24, 2.45) is 0 Å². The minimum atomic E-state index is 0.0254. The lowest BCUT2D eigenvalue weighted by molar-refractivity contribution is -0.117. The van der Waals surface area contributed by atoms with E-state index in [0.29, 0.717) is 26.1 Å². The molecule has 0 N–H and O–H groups in total. The van der Waals surface area contributed by atoms with Crippen molar-refractivity contribution in [3.63, 3.8) is 0 Å². The molecule has 174 valence electrons. The first-order chi connectivity index (χ1) is 16.5. The van der Waals surface area contributed by atoms with E-state index in [4.69, 9.17) is 14.5 Å². The zero-order valence-electron chi connectivity index (χ0n) is 19.8. The van der Waals surface area contributed by atoms with Crippen LogP contribution in [0, 0.1) is 13.8 Å². The van der Waals surface area contributed by atoms with E-state index in [1.807, 2.05) is 47.4 Å². The van der Waals surface area contributed by atoms with Gasteiger partial charge in [-0.1, -0.05) is 35.9 Å². The van der Waals surface area contributed by atoms with Crippen molar-refractivity contribution in [2.75, 3.05) is 25.2 Å². The average Bonchev–Trinajstić information content (AvgIpc) is 3.40. The fourth-order valence-corrected chi connectivity index (χ4v) is 4.81. The Morgan fingerprint density at radius 2 is 1.82 bits per heavy atom. The quantitative estimate of drug-likeness (QED) is 0.381. The van der Waals surface area contributed by atoms with Crippen molar-refractivity contribution >= 4 is 22.6 Å². The van der Waals surface area contributed by atoms with Crippen LogP contribution < -0.4 is 14.4 Å². The molecule has 34 heavy (non-hydrogen) atoms. The Bertz CT molecular complexity index is 1340. The largest absolute Gasteiger partial charge is 0.497 e. The summed E-state index contributed by atoms with van der Waals surface area (Å²) in [7, 11) is 1.65. The molecule has 1 fully saturated rings. The van der Waals surface area contributed by atoms with E-state index < -0.39 is 0 Å². The number of aryl methyl sites for hydroxylation is 2.